The standard InChI is InChI=1S/C54H38N2/c1-6-21-39(22-7-1)44-32-18-35-48(52(44)41-25-10-3-11-26-41)55(43-29-14-5-15-30-43)50-37-20-38-51-54(50)46-31-16-17-34-47(46)56(51)49-36-19-33-45(40-23-8-2-9-24-40)53(49)42-27-12-4-13-28-42/h1-38H. The van der Waals surface area contributed by atoms with Crippen LogP contribution >= 0.6 is 0 Å². The summed E-state index contributed by atoms with van der Waals surface area (Å²) < 4.78 is 2.48. The monoisotopic (exact) mass is 714 g/mol. The Morgan fingerprint density at radius 1 is 0.304 bits per heavy atom. The number of benzene rings is 9. The van der Waals surface area contributed by atoms with Crippen molar-refractivity contribution in [2.24, 2.45) is 0 Å². The molecule has 0 aliphatic heterocycles. The fourth-order valence-corrected chi connectivity index (χ4v) is 8.42. The van der Waals surface area contributed by atoms with Gasteiger partial charge < -0.3 is 9.47 Å². The molecule has 0 atom stereocenters. The van der Waals surface area contributed by atoms with E-state index in [1.165, 1.54) is 55.3 Å². The number of anilines is 3. The van der Waals surface area contributed by atoms with Crippen LogP contribution in [0.3, 0.4) is 0 Å². The largest absolute Gasteiger partial charge is 0.309 e. The summed E-state index contributed by atoms with van der Waals surface area (Å²) in [5.41, 5.74) is 16.3. The summed E-state index contributed by atoms with van der Waals surface area (Å²) in [6.07, 6.45) is 0. The topological polar surface area (TPSA) is 8.17 Å². The molecular formula is C54H38N2. The van der Waals surface area contributed by atoms with Crippen molar-refractivity contribution in [3.63, 3.8) is 0 Å². The normalized spacial score (nSPS) is 11.2. The first-order chi connectivity index (χ1) is 27.8. The summed E-state index contributed by atoms with van der Waals surface area (Å²) in [4.78, 5) is 2.46. The molecule has 0 amide bonds. The highest BCUT2D eigenvalue weighted by Crippen LogP contribution is 2.49. The molecule has 0 bridgehead atoms. The fourth-order valence-electron chi connectivity index (χ4n) is 8.42. The van der Waals surface area contributed by atoms with Gasteiger partial charge in [-0.1, -0.05) is 188 Å². The third-order valence-electron chi connectivity index (χ3n) is 10.8. The van der Waals surface area contributed by atoms with Gasteiger partial charge in [-0.05, 0) is 75.8 Å². The van der Waals surface area contributed by atoms with E-state index in [2.05, 4.69) is 240 Å². The maximum absolute atomic E-state index is 2.48. The lowest BCUT2D eigenvalue weighted by Gasteiger charge is -2.30. The van der Waals surface area contributed by atoms with E-state index in [4.69, 9.17) is 0 Å². The van der Waals surface area contributed by atoms with Crippen LogP contribution in [0.5, 0.6) is 0 Å². The van der Waals surface area contributed by atoms with Crippen LogP contribution in [0.15, 0.2) is 231 Å². The van der Waals surface area contributed by atoms with Gasteiger partial charge in [0.05, 0.1) is 28.1 Å². The van der Waals surface area contributed by atoms with Crippen LogP contribution in [-0.4, -0.2) is 4.57 Å². The molecule has 264 valence electrons. The molecule has 0 spiro atoms. The van der Waals surface area contributed by atoms with Gasteiger partial charge in [-0.25, -0.2) is 0 Å². The third kappa shape index (κ3) is 5.76. The number of nitrogens with zero attached hydrogens (tertiary/aromatic N) is 2. The molecule has 0 aliphatic rings. The van der Waals surface area contributed by atoms with Gasteiger partial charge in [-0.3, -0.25) is 0 Å². The Morgan fingerprint density at radius 2 is 0.750 bits per heavy atom. The van der Waals surface area contributed by atoms with Gasteiger partial charge in [-0.15, -0.1) is 0 Å². The molecule has 0 saturated heterocycles. The molecule has 9 aromatic carbocycles. The molecule has 0 N–H and O–H groups in total. The summed E-state index contributed by atoms with van der Waals surface area (Å²) in [7, 11) is 0. The summed E-state index contributed by atoms with van der Waals surface area (Å²) >= 11 is 0. The van der Waals surface area contributed by atoms with E-state index in [-0.39, 0.29) is 0 Å². The zero-order chi connectivity index (χ0) is 37.3. The van der Waals surface area contributed by atoms with Crippen LogP contribution < -0.4 is 4.90 Å². The molecule has 1 heterocycles. The van der Waals surface area contributed by atoms with Gasteiger partial charge in [0.2, 0.25) is 0 Å². The average Bonchev–Trinajstić information content (AvgIpc) is 3.62. The Balaban J connectivity index is 1.30. The Bertz CT molecular complexity index is 2930. The van der Waals surface area contributed by atoms with E-state index in [9.17, 15) is 0 Å². The van der Waals surface area contributed by atoms with E-state index >= 15 is 0 Å². The van der Waals surface area contributed by atoms with E-state index < -0.39 is 0 Å². The Labute approximate surface area is 327 Å². The zero-order valence-corrected chi connectivity index (χ0v) is 30.8. The zero-order valence-electron chi connectivity index (χ0n) is 30.8. The molecule has 56 heavy (non-hydrogen) atoms. The van der Waals surface area contributed by atoms with E-state index in [1.54, 1.807) is 0 Å². The maximum Gasteiger partial charge on any atom is 0.0562 e. The number of hydrogen-bond donors (Lipinski definition) is 0. The van der Waals surface area contributed by atoms with Gasteiger partial charge in [-0.2, -0.15) is 0 Å². The van der Waals surface area contributed by atoms with Crippen LogP contribution in [0.2, 0.25) is 0 Å². The second-order valence-corrected chi connectivity index (χ2v) is 14.1. The minimum atomic E-state index is 1.09. The third-order valence-corrected chi connectivity index (χ3v) is 10.8. The van der Waals surface area contributed by atoms with Crippen molar-refractivity contribution < 1.29 is 0 Å². The van der Waals surface area contributed by atoms with Crippen molar-refractivity contribution in [2.45, 2.75) is 0 Å². The molecule has 1 aromatic heterocycles. The van der Waals surface area contributed by atoms with Crippen LogP contribution in [-0.2, 0) is 0 Å². The van der Waals surface area contributed by atoms with Crippen LogP contribution in [0, 0.1) is 0 Å². The maximum atomic E-state index is 2.48. The van der Waals surface area contributed by atoms with E-state index in [0.29, 0.717) is 0 Å². The van der Waals surface area contributed by atoms with Gasteiger partial charge in [0.25, 0.3) is 0 Å². The molecule has 2 nitrogen and oxygen atoms in total. The second kappa shape index (κ2) is 14.4. The smallest absolute Gasteiger partial charge is 0.0562 e. The lowest BCUT2D eigenvalue weighted by atomic mass is 9.92. The lowest BCUT2D eigenvalue weighted by Crippen LogP contribution is -2.12. The molecule has 0 unspecified atom stereocenters. The first kappa shape index (κ1) is 33.2. The van der Waals surface area contributed by atoms with Crippen molar-refractivity contribution in [3.05, 3.63) is 231 Å². The van der Waals surface area contributed by atoms with Crippen molar-refractivity contribution in [3.8, 4) is 50.2 Å². The quantitative estimate of drug-likeness (QED) is 0.152. The summed E-state index contributed by atoms with van der Waals surface area (Å²) in [5, 5.41) is 2.39. The summed E-state index contributed by atoms with van der Waals surface area (Å²) in [5.74, 6) is 0. The summed E-state index contributed by atoms with van der Waals surface area (Å²) in [6, 6.07) is 83.1. The van der Waals surface area contributed by atoms with Gasteiger partial charge >= 0.3 is 0 Å². The van der Waals surface area contributed by atoms with Crippen LogP contribution in [0.1, 0.15) is 0 Å². The Kier molecular flexibility index (Phi) is 8.55. The van der Waals surface area contributed by atoms with Crippen molar-refractivity contribution >= 4 is 38.9 Å². The number of fused-ring (bicyclic) bond motifs is 3. The Morgan fingerprint density at radius 3 is 1.38 bits per heavy atom. The SMILES string of the molecule is c1ccc(-c2cccc(N(c3ccccc3)c3cccc4c3c3ccccc3n4-c3cccc(-c4ccccc4)c3-c3ccccc3)c2-c2ccccc2)cc1. The van der Waals surface area contributed by atoms with Crippen molar-refractivity contribution in [1.82, 2.24) is 4.57 Å². The number of aromatic nitrogens is 1. The van der Waals surface area contributed by atoms with Gasteiger partial charge in [0, 0.05) is 27.6 Å². The average molecular weight is 715 g/mol. The van der Waals surface area contributed by atoms with Crippen LogP contribution in [0.4, 0.5) is 17.1 Å². The first-order valence-corrected chi connectivity index (χ1v) is 19.2. The summed E-state index contributed by atoms with van der Waals surface area (Å²) in [6.45, 7) is 0. The van der Waals surface area contributed by atoms with Crippen molar-refractivity contribution in [1.29, 1.82) is 0 Å². The molecule has 2 heteroatoms. The minimum Gasteiger partial charge on any atom is -0.309 e. The van der Waals surface area contributed by atoms with Gasteiger partial charge in [0.1, 0.15) is 0 Å². The predicted octanol–water partition coefficient (Wildman–Crippen LogP) is 14.9. The molecule has 0 aliphatic carbocycles. The highest BCUT2D eigenvalue weighted by atomic mass is 15.2. The Hall–Kier alpha value is -7.42. The number of rotatable bonds is 8. The molecule has 0 radical (unpaired) electrons. The minimum absolute atomic E-state index is 1.09. The predicted molar refractivity (Wildman–Crippen MR) is 237 cm³/mol. The molecule has 10 aromatic rings. The fraction of sp³-hybridized carbons (Fsp3) is 0. The highest BCUT2D eigenvalue weighted by Gasteiger charge is 2.25. The van der Waals surface area contributed by atoms with Crippen LogP contribution in [0.25, 0.3) is 72.0 Å². The molecule has 10 rings (SSSR count). The molecule has 0 fully saturated rings. The van der Waals surface area contributed by atoms with E-state index in [0.717, 1.165) is 33.8 Å². The lowest BCUT2D eigenvalue weighted by molar-refractivity contribution is 1.18. The molecular weight excluding hydrogens is 677 g/mol. The second-order valence-electron chi connectivity index (χ2n) is 14.1. The van der Waals surface area contributed by atoms with Gasteiger partial charge in [0.15, 0.2) is 0 Å². The first-order valence-electron chi connectivity index (χ1n) is 19.2. The number of para-hydroxylation sites is 2. The highest BCUT2D eigenvalue weighted by molar-refractivity contribution is 6.17. The number of hydrogen-bond acceptors (Lipinski definition) is 1. The van der Waals surface area contributed by atoms with E-state index in [1.807, 2.05) is 0 Å². The van der Waals surface area contributed by atoms with Crippen molar-refractivity contribution in [2.75, 3.05) is 4.90 Å². The molecule has 0 saturated carbocycles.